The summed E-state index contributed by atoms with van der Waals surface area (Å²) in [5.74, 6) is 0.521. The monoisotopic (exact) mass is 523 g/mol. The number of aryl methyl sites for hydroxylation is 1. The van der Waals surface area contributed by atoms with Crippen LogP contribution in [0.5, 0.6) is 11.5 Å². The molecule has 0 saturated carbocycles. The number of nitrogens with zero attached hydrogens (tertiary/aromatic N) is 3. The maximum atomic E-state index is 13.3. The largest absolute Gasteiger partial charge is 0.486 e. The Hall–Kier alpha value is -2.83. The molecule has 1 atom stereocenters. The molecule has 0 spiro atoms. The van der Waals surface area contributed by atoms with E-state index in [-0.39, 0.29) is 36.8 Å². The standard InChI is InChI=1S/C23H29N3O7S2/c1-17-4-7-20(8-5-17)35(30,31)25-12-10-24(11-13-25)23(27)18(2)26(34(3,28)29)19-6-9-21-22(16-19)33-15-14-32-21/h4-9,16,18H,10-15H2,1-3H3/t18-/m1/s1. The number of piperazine rings is 1. The summed E-state index contributed by atoms with van der Waals surface area (Å²) in [6.07, 6.45) is 1.04. The number of benzene rings is 2. The summed E-state index contributed by atoms with van der Waals surface area (Å²) >= 11 is 0. The van der Waals surface area contributed by atoms with Gasteiger partial charge in [-0.15, -0.1) is 0 Å². The molecule has 0 N–H and O–H groups in total. The molecule has 2 aliphatic heterocycles. The molecule has 0 aliphatic carbocycles. The van der Waals surface area contributed by atoms with Gasteiger partial charge in [0.25, 0.3) is 0 Å². The van der Waals surface area contributed by atoms with Gasteiger partial charge in [-0.25, -0.2) is 16.8 Å². The van der Waals surface area contributed by atoms with E-state index in [9.17, 15) is 21.6 Å². The van der Waals surface area contributed by atoms with Crippen LogP contribution in [0.4, 0.5) is 5.69 Å². The topological polar surface area (TPSA) is 114 Å². The number of carbonyl (C=O) groups is 1. The van der Waals surface area contributed by atoms with E-state index in [0.29, 0.717) is 24.7 Å². The molecule has 35 heavy (non-hydrogen) atoms. The third-order valence-electron chi connectivity index (χ3n) is 6.06. The number of hydrogen-bond donors (Lipinski definition) is 0. The highest BCUT2D eigenvalue weighted by molar-refractivity contribution is 7.92. The second-order valence-electron chi connectivity index (χ2n) is 8.61. The average molecular weight is 524 g/mol. The quantitative estimate of drug-likeness (QED) is 0.563. The molecule has 190 valence electrons. The van der Waals surface area contributed by atoms with Gasteiger partial charge in [0.05, 0.1) is 16.8 Å². The van der Waals surface area contributed by atoms with Crippen LogP contribution in [-0.2, 0) is 24.8 Å². The Morgan fingerprint density at radius 2 is 1.51 bits per heavy atom. The zero-order valence-electron chi connectivity index (χ0n) is 19.9. The third kappa shape index (κ3) is 5.24. The highest BCUT2D eigenvalue weighted by Gasteiger charge is 2.36. The van der Waals surface area contributed by atoms with Gasteiger partial charge in [-0.3, -0.25) is 9.10 Å². The average Bonchev–Trinajstić information content (AvgIpc) is 2.83. The van der Waals surface area contributed by atoms with Gasteiger partial charge < -0.3 is 14.4 Å². The molecule has 4 rings (SSSR count). The van der Waals surface area contributed by atoms with E-state index < -0.39 is 32.0 Å². The van der Waals surface area contributed by atoms with Crippen LogP contribution in [0.3, 0.4) is 0 Å². The van der Waals surface area contributed by atoms with E-state index in [4.69, 9.17) is 9.47 Å². The molecule has 1 amide bonds. The highest BCUT2D eigenvalue weighted by Crippen LogP contribution is 2.35. The molecule has 0 bridgehead atoms. The van der Waals surface area contributed by atoms with Gasteiger partial charge in [-0.05, 0) is 38.1 Å². The Morgan fingerprint density at radius 1 is 0.914 bits per heavy atom. The Morgan fingerprint density at radius 3 is 2.11 bits per heavy atom. The van der Waals surface area contributed by atoms with Crippen molar-refractivity contribution in [3.8, 4) is 11.5 Å². The summed E-state index contributed by atoms with van der Waals surface area (Å²) in [7, 11) is -7.49. The summed E-state index contributed by atoms with van der Waals surface area (Å²) in [4.78, 5) is 15.0. The van der Waals surface area contributed by atoms with Crippen LogP contribution in [0.15, 0.2) is 47.4 Å². The molecule has 0 unspecified atom stereocenters. The second kappa shape index (κ2) is 9.67. The van der Waals surface area contributed by atoms with Crippen LogP contribution >= 0.6 is 0 Å². The van der Waals surface area contributed by atoms with Crippen molar-refractivity contribution in [1.82, 2.24) is 9.21 Å². The second-order valence-corrected chi connectivity index (χ2v) is 12.4. The van der Waals surface area contributed by atoms with Gasteiger partial charge in [-0.2, -0.15) is 4.31 Å². The summed E-state index contributed by atoms with van der Waals surface area (Å²) < 4.78 is 64.8. The van der Waals surface area contributed by atoms with E-state index in [0.717, 1.165) is 16.1 Å². The Bertz CT molecular complexity index is 1300. The Balaban J connectivity index is 1.49. The molecule has 10 nitrogen and oxygen atoms in total. The number of carbonyl (C=O) groups excluding carboxylic acids is 1. The number of fused-ring (bicyclic) bond motifs is 1. The van der Waals surface area contributed by atoms with Crippen molar-refractivity contribution in [1.29, 1.82) is 0 Å². The summed E-state index contributed by atoms with van der Waals surface area (Å²) in [6.45, 7) is 4.72. The third-order valence-corrected chi connectivity index (χ3v) is 9.21. The SMILES string of the molecule is Cc1ccc(S(=O)(=O)N2CCN(C(=O)[C@@H](C)N(c3ccc4c(c3)OCCO4)S(C)(=O)=O)CC2)cc1. The molecule has 1 saturated heterocycles. The first-order chi connectivity index (χ1) is 16.5. The molecule has 12 heteroatoms. The maximum Gasteiger partial charge on any atom is 0.246 e. The van der Waals surface area contributed by atoms with Crippen LogP contribution in [0.25, 0.3) is 0 Å². The van der Waals surface area contributed by atoms with Crippen LogP contribution in [0, 0.1) is 6.92 Å². The smallest absolute Gasteiger partial charge is 0.246 e. The normalized spacial score (nSPS) is 17.6. The van der Waals surface area contributed by atoms with Gasteiger partial charge in [0.1, 0.15) is 19.3 Å². The zero-order chi connectivity index (χ0) is 25.4. The Kier molecular flexibility index (Phi) is 6.98. The van der Waals surface area contributed by atoms with Crippen molar-refractivity contribution < 1.29 is 31.1 Å². The summed E-state index contributed by atoms with van der Waals surface area (Å²) in [5, 5.41) is 0. The number of sulfonamides is 2. The zero-order valence-corrected chi connectivity index (χ0v) is 21.5. The van der Waals surface area contributed by atoms with Crippen molar-refractivity contribution in [2.45, 2.75) is 24.8 Å². The van der Waals surface area contributed by atoms with Gasteiger partial charge in [0, 0.05) is 32.2 Å². The van der Waals surface area contributed by atoms with Crippen LogP contribution in [-0.4, -0.2) is 83.6 Å². The van der Waals surface area contributed by atoms with Gasteiger partial charge >= 0.3 is 0 Å². The van der Waals surface area contributed by atoms with Gasteiger partial charge in [0.2, 0.25) is 26.0 Å². The minimum Gasteiger partial charge on any atom is -0.486 e. The van der Waals surface area contributed by atoms with Crippen LogP contribution in [0.2, 0.25) is 0 Å². The van der Waals surface area contributed by atoms with E-state index in [1.165, 1.54) is 16.1 Å². The fourth-order valence-electron chi connectivity index (χ4n) is 4.24. The van der Waals surface area contributed by atoms with E-state index in [1.54, 1.807) is 42.5 Å². The molecule has 0 aromatic heterocycles. The van der Waals surface area contributed by atoms with E-state index in [2.05, 4.69) is 0 Å². The van der Waals surface area contributed by atoms with Crippen molar-refractivity contribution in [2.24, 2.45) is 0 Å². The number of anilines is 1. The molecular weight excluding hydrogens is 494 g/mol. The maximum absolute atomic E-state index is 13.3. The number of ether oxygens (including phenoxy) is 2. The predicted molar refractivity (Wildman–Crippen MR) is 131 cm³/mol. The van der Waals surface area contributed by atoms with E-state index in [1.807, 2.05) is 6.92 Å². The number of amides is 1. The minimum atomic E-state index is -3.82. The van der Waals surface area contributed by atoms with Crippen molar-refractivity contribution >= 4 is 31.6 Å². The van der Waals surface area contributed by atoms with Crippen molar-refractivity contribution in [2.75, 3.05) is 50.0 Å². The number of hydrogen-bond acceptors (Lipinski definition) is 7. The molecule has 1 fully saturated rings. The molecule has 0 radical (unpaired) electrons. The molecular formula is C23H29N3O7S2. The fourth-order valence-corrected chi connectivity index (χ4v) is 6.83. The molecule has 2 heterocycles. The fraction of sp³-hybridized carbons (Fsp3) is 0.435. The lowest BCUT2D eigenvalue weighted by atomic mass is 10.2. The molecule has 2 aromatic rings. The van der Waals surface area contributed by atoms with Crippen LogP contribution < -0.4 is 13.8 Å². The first kappa shape index (κ1) is 25.3. The van der Waals surface area contributed by atoms with Gasteiger partial charge in [-0.1, -0.05) is 17.7 Å². The summed E-state index contributed by atoms with van der Waals surface area (Å²) in [5.41, 5.74) is 1.25. The lowest BCUT2D eigenvalue weighted by molar-refractivity contribution is -0.133. The van der Waals surface area contributed by atoms with E-state index >= 15 is 0 Å². The molecule has 2 aromatic carbocycles. The van der Waals surface area contributed by atoms with Crippen molar-refractivity contribution in [3.63, 3.8) is 0 Å². The predicted octanol–water partition coefficient (Wildman–Crippen LogP) is 1.45. The highest BCUT2D eigenvalue weighted by atomic mass is 32.2. The first-order valence-corrected chi connectivity index (χ1v) is 14.5. The van der Waals surface area contributed by atoms with Crippen LogP contribution in [0.1, 0.15) is 12.5 Å². The number of rotatable bonds is 6. The lowest BCUT2D eigenvalue weighted by Crippen LogP contribution is -2.56. The Labute approximate surface area is 206 Å². The lowest BCUT2D eigenvalue weighted by Gasteiger charge is -2.37. The first-order valence-electron chi connectivity index (χ1n) is 11.2. The minimum absolute atomic E-state index is 0.123. The van der Waals surface area contributed by atoms with Crippen molar-refractivity contribution in [3.05, 3.63) is 48.0 Å². The molecule has 2 aliphatic rings. The van der Waals surface area contributed by atoms with Gasteiger partial charge in [0.15, 0.2) is 11.5 Å². The summed E-state index contributed by atoms with van der Waals surface area (Å²) in [6, 6.07) is 10.3.